The molecular weight excluding hydrogens is 420 g/mol. The fourth-order valence-corrected chi connectivity index (χ4v) is 4.64. The van der Waals surface area contributed by atoms with Gasteiger partial charge in [-0.1, -0.05) is 48.5 Å². The molecule has 174 valence electrons. The molecule has 33 heavy (non-hydrogen) atoms. The van der Waals surface area contributed by atoms with E-state index in [0.29, 0.717) is 5.92 Å². The molecule has 0 bridgehead atoms. The van der Waals surface area contributed by atoms with Crippen LogP contribution in [0.3, 0.4) is 0 Å². The summed E-state index contributed by atoms with van der Waals surface area (Å²) in [5, 5.41) is 14.9. The van der Waals surface area contributed by atoms with Crippen molar-refractivity contribution >= 4 is 18.0 Å². The minimum Gasteiger partial charge on any atom is -0.480 e. The van der Waals surface area contributed by atoms with Crippen molar-refractivity contribution in [3.05, 3.63) is 59.7 Å². The lowest BCUT2D eigenvalue weighted by Crippen LogP contribution is -2.46. The Morgan fingerprint density at radius 2 is 1.61 bits per heavy atom. The number of carbonyl (C=O) groups excluding carboxylic acids is 2. The van der Waals surface area contributed by atoms with Gasteiger partial charge < -0.3 is 20.5 Å². The van der Waals surface area contributed by atoms with E-state index in [4.69, 9.17) is 4.74 Å². The van der Waals surface area contributed by atoms with Gasteiger partial charge in [-0.2, -0.15) is 0 Å². The van der Waals surface area contributed by atoms with Crippen LogP contribution in [0.1, 0.15) is 56.6 Å². The van der Waals surface area contributed by atoms with Crippen molar-refractivity contribution in [1.29, 1.82) is 0 Å². The van der Waals surface area contributed by atoms with Crippen molar-refractivity contribution in [3.63, 3.8) is 0 Å². The highest BCUT2D eigenvalue weighted by molar-refractivity contribution is 5.82. The molecule has 2 aromatic rings. The molecule has 0 aromatic heterocycles. The first-order valence-electron chi connectivity index (χ1n) is 11.4. The largest absolute Gasteiger partial charge is 0.480 e. The molecule has 0 spiro atoms. The minimum absolute atomic E-state index is 0.00783. The molecule has 0 saturated heterocycles. The highest BCUT2D eigenvalue weighted by Gasteiger charge is 2.38. The third-order valence-electron chi connectivity index (χ3n) is 6.65. The van der Waals surface area contributed by atoms with Crippen molar-refractivity contribution in [2.75, 3.05) is 6.61 Å². The van der Waals surface area contributed by atoms with E-state index < -0.39 is 18.1 Å². The quantitative estimate of drug-likeness (QED) is 0.534. The summed E-state index contributed by atoms with van der Waals surface area (Å²) in [4.78, 5) is 36.3. The zero-order chi connectivity index (χ0) is 23.6. The summed E-state index contributed by atoms with van der Waals surface area (Å²) in [5.41, 5.74) is 4.10. The lowest BCUT2D eigenvalue weighted by molar-refractivity contribution is -0.139. The molecule has 2 aliphatic carbocycles. The van der Waals surface area contributed by atoms with Gasteiger partial charge in [0.2, 0.25) is 5.91 Å². The normalized spacial score (nSPS) is 15.8. The lowest BCUT2D eigenvalue weighted by atomic mass is 9.98. The van der Waals surface area contributed by atoms with Gasteiger partial charge in [0.1, 0.15) is 12.6 Å². The highest BCUT2D eigenvalue weighted by Crippen LogP contribution is 2.44. The third-order valence-corrected chi connectivity index (χ3v) is 6.65. The van der Waals surface area contributed by atoms with Crippen LogP contribution in [0.2, 0.25) is 0 Å². The van der Waals surface area contributed by atoms with Crippen molar-refractivity contribution < 1.29 is 24.2 Å². The molecule has 1 fully saturated rings. The van der Waals surface area contributed by atoms with E-state index in [1.165, 1.54) is 0 Å². The van der Waals surface area contributed by atoms with Gasteiger partial charge >= 0.3 is 12.1 Å². The van der Waals surface area contributed by atoms with Crippen molar-refractivity contribution in [1.82, 2.24) is 10.6 Å². The Morgan fingerprint density at radius 1 is 1.03 bits per heavy atom. The molecule has 2 aromatic carbocycles. The molecule has 0 heterocycles. The van der Waals surface area contributed by atoms with E-state index in [1.54, 1.807) is 0 Å². The Balaban J connectivity index is 1.31. The number of carboxylic acids is 1. The standard InChI is InChI=1S/C26H30N2O5/c1-26(2,16-11-12-16)28-23(29)14-13-22(24(30)31)27-25(32)33-15-21-19-9-5-3-7-17(19)18-8-4-6-10-20(18)21/h3-10,16,21-22H,11-15H2,1-2H3,(H,27,32)(H,28,29)(H,30,31). The number of amides is 2. The van der Waals surface area contributed by atoms with Gasteiger partial charge in [-0.25, -0.2) is 9.59 Å². The highest BCUT2D eigenvalue weighted by atomic mass is 16.5. The maximum Gasteiger partial charge on any atom is 0.407 e. The van der Waals surface area contributed by atoms with Crippen LogP contribution >= 0.6 is 0 Å². The maximum atomic E-state index is 12.4. The number of hydrogen-bond donors (Lipinski definition) is 3. The van der Waals surface area contributed by atoms with E-state index in [9.17, 15) is 19.5 Å². The number of nitrogens with one attached hydrogen (secondary N) is 2. The summed E-state index contributed by atoms with van der Waals surface area (Å²) in [6.45, 7) is 4.06. The number of aliphatic carboxylic acids is 1. The second-order valence-corrected chi connectivity index (χ2v) is 9.44. The molecule has 1 unspecified atom stereocenters. The smallest absolute Gasteiger partial charge is 0.407 e. The molecule has 0 aliphatic heterocycles. The topological polar surface area (TPSA) is 105 Å². The fraction of sp³-hybridized carbons (Fsp3) is 0.423. The Bertz CT molecular complexity index is 1010. The number of carbonyl (C=O) groups is 3. The summed E-state index contributed by atoms with van der Waals surface area (Å²) in [6, 6.07) is 14.8. The van der Waals surface area contributed by atoms with Crippen LogP contribution in [0.5, 0.6) is 0 Å². The van der Waals surface area contributed by atoms with Gasteiger partial charge in [0, 0.05) is 17.9 Å². The Hall–Kier alpha value is -3.35. The monoisotopic (exact) mass is 450 g/mol. The van der Waals surface area contributed by atoms with Gasteiger partial charge in [-0.05, 0) is 61.3 Å². The molecular formula is C26H30N2O5. The van der Waals surface area contributed by atoms with Gasteiger partial charge in [0.25, 0.3) is 0 Å². The molecule has 7 nitrogen and oxygen atoms in total. The van der Waals surface area contributed by atoms with E-state index in [2.05, 4.69) is 10.6 Å². The number of ether oxygens (including phenoxy) is 1. The van der Waals surface area contributed by atoms with Crippen LogP contribution in [-0.4, -0.2) is 41.3 Å². The number of fused-ring (bicyclic) bond motifs is 3. The Labute approximate surface area is 193 Å². The van der Waals surface area contributed by atoms with Gasteiger partial charge in [-0.3, -0.25) is 4.79 Å². The van der Waals surface area contributed by atoms with Crippen LogP contribution in [0.15, 0.2) is 48.5 Å². The number of hydrogen-bond acceptors (Lipinski definition) is 4. The number of rotatable bonds is 9. The summed E-state index contributed by atoms with van der Waals surface area (Å²) in [5.74, 6) is -1.05. The molecule has 4 rings (SSSR count). The van der Waals surface area contributed by atoms with Crippen LogP contribution in [0, 0.1) is 5.92 Å². The second kappa shape index (κ2) is 9.25. The average Bonchev–Trinajstić information content (AvgIpc) is 3.59. The minimum atomic E-state index is -1.20. The van der Waals surface area contributed by atoms with Gasteiger partial charge in [-0.15, -0.1) is 0 Å². The number of carboxylic acid groups (broad SMARTS) is 1. The van der Waals surface area contributed by atoms with Crippen molar-refractivity contribution in [2.45, 2.75) is 57.0 Å². The first kappa shape index (κ1) is 22.8. The second-order valence-electron chi connectivity index (χ2n) is 9.44. The average molecular weight is 451 g/mol. The van der Waals surface area contributed by atoms with E-state index in [0.717, 1.165) is 35.1 Å². The van der Waals surface area contributed by atoms with Gasteiger partial charge in [0.15, 0.2) is 0 Å². The van der Waals surface area contributed by atoms with Crippen LogP contribution in [-0.2, 0) is 14.3 Å². The summed E-state index contributed by atoms with van der Waals surface area (Å²) >= 11 is 0. The Morgan fingerprint density at radius 3 is 2.15 bits per heavy atom. The zero-order valence-electron chi connectivity index (χ0n) is 19.0. The first-order chi connectivity index (χ1) is 15.8. The number of benzene rings is 2. The van der Waals surface area contributed by atoms with Crippen LogP contribution in [0.25, 0.3) is 11.1 Å². The fourth-order valence-electron chi connectivity index (χ4n) is 4.64. The molecule has 2 aliphatic rings. The molecule has 3 N–H and O–H groups in total. The molecule has 0 radical (unpaired) electrons. The summed E-state index contributed by atoms with van der Waals surface area (Å²) < 4.78 is 5.43. The third kappa shape index (κ3) is 5.18. The molecule has 1 atom stereocenters. The van der Waals surface area contributed by atoms with Crippen LogP contribution in [0.4, 0.5) is 4.79 Å². The van der Waals surface area contributed by atoms with E-state index in [-0.39, 0.29) is 36.8 Å². The Kier molecular flexibility index (Phi) is 6.40. The number of alkyl carbamates (subject to hydrolysis) is 1. The van der Waals surface area contributed by atoms with Crippen LogP contribution < -0.4 is 10.6 Å². The predicted molar refractivity (Wildman–Crippen MR) is 124 cm³/mol. The molecule has 1 saturated carbocycles. The maximum absolute atomic E-state index is 12.4. The summed E-state index contributed by atoms with van der Waals surface area (Å²) in [6.07, 6.45) is 1.38. The van der Waals surface area contributed by atoms with Gasteiger partial charge in [0.05, 0.1) is 0 Å². The first-order valence-corrected chi connectivity index (χ1v) is 11.4. The zero-order valence-corrected chi connectivity index (χ0v) is 19.0. The van der Waals surface area contributed by atoms with E-state index in [1.807, 2.05) is 62.4 Å². The van der Waals surface area contributed by atoms with Crippen molar-refractivity contribution in [2.24, 2.45) is 5.92 Å². The van der Waals surface area contributed by atoms with Crippen molar-refractivity contribution in [3.8, 4) is 11.1 Å². The molecule has 7 heteroatoms. The summed E-state index contributed by atoms with van der Waals surface area (Å²) in [7, 11) is 0. The molecule has 2 amide bonds. The predicted octanol–water partition coefficient (Wildman–Crippen LogP) is 4.06. The lowest BCUT2D eigenvalue weighted by Gasteiger charge is -2.26. The van der Waals surface area contributed by atoms with E-state index >= 15 is 0 Å². The SMILES string of the molecule is CC(C)(NC(=O)CCC(NC(=O)OCC1c2ccccc2-c2ccccc21)C(=O)O)C1CC1.